The minimum Gasteiger partial charge on any atom is -0.460 e. The van der Waals surface area contributed by atoms with Crippen LogP contribution in [0.25, 0.3) is 22.4 Å². The number of furan rings is 1. The Bertz CT molecular complexity index is 1570. The van der Waals surface area contributed by atoms with Gasteiger partial charge in [-0.15, -0.1) is 11.3 Å². The molecule has 0 aliphatic carbocycles. The molecular weight excluding hydrogens is 474 g/mol. The van der Waals surface area contributed by atoms with Gasteiger partial charge in [-0.3, -0.25) is 4.79 Å². The third-order valence-corrected chi connectivity index (χ3v) is 6.51. The maximum Gasteiger partial charge on any atom is 0.339 e. The molecule has 180 valence electrons. The molecule has 0 spiro atoms. The average molecular weight is 498 g/mol. The Morgan fingerprint density at radius 2 is 1.81 bits per heavy atom. The highest BCUT2D eigenvalue weighted by Crippen LogP contribution is 2.27. The van der Waals surface area contributed by atoms with Gasteiger partial charge < -0.3 is 14.5 Å². The molecule has 0 bridgehead atoms. The summed E-state index contributed by atoms with van der Waals surface area (Å²) in [7, 11) is 0. The van der Waals surface area contributed by atoms with E-state index in [0.717, 1.165) is 17.0 Å². The van der Waals surface area contributed by atoms with Crippen molar-refractivity contribution in [2.75, 3.05) is 5.32 Å². The lowest BCUT2D eigenvalue weighted by atomic mass is 10.1. The van der Waals surface area contributed by atoms with E-state index in [-0.39, 0.29) is 18.9 Å². The molecule has 36 heavy (non-hydrogen) atoms. The van der Waals surface area contributed by atoms with E-state index in [1.807, 2.05) is 74.5 Å². The second-order valence-electron chi connectivity index (χ2n) is 8.33. The van der Waals surface area contributed by atoms with Gasteiger partial charge in [0.25, 0.3) is 0 Å². The van der Waals surface area contributed by atoms with Crippen LogP contribution in [-0.2, 0) is 22.6 Å². The second-order valence-corrected chi connectivity index (χ2v) is 9.27. The number of fused-ring (bicyclic) bond motifs is 1. The van der Waals surface area contributed by atoms with Crippen molar-refractivity contribution in [2.45, 2.75) is 26.9 Å². The third kappa shape index (κ3) is 5.18. The van der Waals surface area contributed by atoms with E-state index in [0.29, 0.717) is 38.6 Å². The largest absolute Gasteiger partial charge is 0.460 e. The summed E-state index contributed by atoms with van der Waals surface area (Å²) >= 11 is 1.36. The maximum atomic E-state index is 13.1. The first-order valence-electron chi connectivity index (χ1n) is 11.4. The Morgan fingerprint density at radius 3 is 2.61 bits per heavy atom. The number of hydrogen-bond acceptors (Lipinski definition) is 7. The lowest BCUT2D eigenvalue weighted by Gasteiger charge is -2.08. The molecule has 0 saturated heterocycles. The van der Waals surface area contributed by atoms with Crippen molar-refractivity contribution < 1.29 is 18.7 Å². The van der Waals surface area contributed by atoms with Crippen molar-refractivity contribution in [2.24, 2.45) is 0 Å². The van der Waals surface area contributed by atoms with E-state index in [1.165, 1.54) is 11.3 Å². The minimum atomic E-state index is -0.482. The Kier molecular flexibility index (Phi) is 6.60. The molecule has 0 aliphatic heterocycles. The zero-order valence-corrected chi connectivity index (χ0v) is 20.6. The number of carbonyl (C=O) groups is 2. The topological polar surface area (TPSA) is 94.3 Å². The van der Waals surface area contributed by atoms with E-state index < -0.39 is 5.97 Å². The van der Waals surface area contributed by atoms with Crippen LogP contribution < -0.4 is 5.32 Å². The molecule has 7 nitrogen and oxygen atoms in total. The van der Waals surface area contributed by atoms with Crippen molar-refractivity contribution in [1.29, 1.82) is 0 Å². The molecule has 0 atom stereocenters. The highest BCUT2D eigenvalue weighted by atomic mass is 32.1. The fourth-order valence-electron chi connectivity index (χ4n) is 3.80. The van der Waals surface area contributed by atoms with Crippen LogP contribution >= 0.6 is 11.3 Å². The first kappa shape index (κ1) is 23.4. The highest BCUT2D eigenvalue weighted by molar-refractivity contribution is 7.09. The summed E-state index contributed by atoms with van der Waals surface area (Å²) in [4.78, 5) is 34.6. The first-order valence-corrected chi connectivity index (χ1v) is 12.3. The van der Waals surface area contributed by atoms with Gasteiger partial charge in [0.15, 0.2) is 5.76 Å². The number of rotatable bonds is 7. The molecule has 5 aromatic rings. The summed E-state index contributed by atoms with van der Waals surface area (Å²) in [5.74, 6) is 0.715. The SMILES string of the molecule is Cc1ccc(-c2cc(C(=O)OCc3csc(CC(=O)Nc4ccccc4C)n3)c3ccccc3n2)o1. The Labute approximate surface area is 211 Å². The minimum absolute atomic E-state index is 0.000584. The fraction of sp³-hybridized carbons (Fsp3) is 0.143. The van der Waals surface area contributed by atoms with Crippen molar-refractivity contribution in [3.8, 4) is 11.5 Å². The monoisotopic (exact) mass is 497 g/mol. The number of para-hydroxylation sites is 2. The fourth-order valence-corrected chi connectivity index (χ4v) is 4.58. The lowest BCUT2D eigenvalue weighted by Crippen LogP contribution is -2.15. The summed E-state index contributed by atoms with van der Waals surface area (Å²) in [6.45, 7) is 3.80. The van der Waals surface area contributed by atoms with E-state index in [9.17, 15) is 9.59 Å². The molecule has 2 aromatic carbocycles. The Balaban J connectivity index is 1.27. The van der Waals surface area contributed by atoms with Crippen LogP contribution in [0.1, 0.15) is 32.4 Å². The Hall–Kier alpha value is -4.30. The van der Waals surface area contributed by atoms with Gasteiger partial charge in [0.1, 0.15) is 23.1 Å². The van der Waals surface area contributed by atoms with Crippen LogP contribution in [0.4, 0.5) is 5.69 Å². The van der Waals surface area contributed by atoms with Gasteiger partial charge in [0.05, 0.1) is 23.2 Å². The number of amides is 1. The van der Waals surface area contributed by atoms with Gasteiger partial charge >= 0.3 is 5.97 Å². The number of aryl methyl sites for hydroxylation is 2. The number of benzene rings is 2. The number of carbonyl (C=O) groups excluding carboxylic acids is 2. The van der Waals surface area contributed by atoms with E-state index in [1.54, 1.807) is 11.4 Å². The van der Waals surface area contributed by atoms with Crippen LogP contribution in [0.3, 0.4) is 0 Å². The zero-order chi connectivity index (χ0) is 25.1. The smallest absolute Gasteiger partial charge is 0.339 e. The highest BCUT2D eigenvalue weighted by Gasteiger charge is 2.17. The molecular formula is C28H23N3O4S. The normalized spacial score (nSPS) is 10.9. The van der Waals surface area contributed by atoms with E-state index in [2.05, 4.69) is 15.3 Å². The standard InChI is InChI=1S/C28H23N3O4S/c1-17-7-3-5-9-22(17)31-26(32)14-27-29-19(16-36-27)15-34-28(33)21-13-24(25-12-11-18(2)35-25)30-23-10-6-4-8-20(21)23/h3-13,16H,14-15H2,1-2H3,(H,31,32). The number of thiazole rings is 1. The van der Waals surface area contributed by atoms with E-state index in [4.69, 9.17) is 9.15 Å². The molecule has 1 N–H and O–H groups in total. The van der Waals surface area contributed by atoms with Crippen molar-refractivity contribution >= 4 is 39.8 Å². The van der Waals surface area contributed by atoms with Gasteiger partial charge in [0, 0.05) is 16.5 Å². The lowest BCUT2D eigenvalue weighted by molar-refractivity contribution is -0.115. The molecule has 3 aromatic heterocycles. The van der Waals surface area contributed by atoms with Gasteiger partial charge in [-0.05, 0) is 49.7 Å². The predicted molar refractivity (Wildman–Crippen MR) is 139 cm³/mol. The molecule has 3 heterocycles. The predicted octanol–water partition coefficient (Wildman–Crippen LogP) is 6.11. The first-order chi connectivity index (χ1) is 17.5. The zero-order valence-electron chi connectivity index (χ0n) is 19.8. The molecule has 8 heteroatoms. The van der Waals surface area contributed by atoms with Gasteiger partial charge in [-0.2, -0.15) is 0 Å². The van der Waals surface area contributed by atoms with Gasteiger partial charge in [-0.1, -0.05) is 36.4 Å². The van der Waals surface area contributed by atoms with Crippen LogP contribution in [0.5, 0.6) is 0 Å². The average Bonchev–Trinajstić information content (AvgIpc) is 3.52. The quantitative estimate of drug-likeness (QED) is 0.273. The summed E-state index contributed by atoms with van der Waals surface area (Å²) in [5, 5.41) is 6.05. The summed E-state index contributed by atoms with van der Waals surface area (Å²) in [6, 6.07) is 20.4. The molecule has 0 unspecified atom stereocenters. The number of ether oxygens (including phenoxy) is 1. The number of aromatic nitrogens is 2. The molecule has 0 aliphatic rings. The van der Waals surface area contributed by atoms with Crippen molar-refractivity contribution in [3.63, 3.8) is 0 Å². The van der Waals surface area contributed by atoms with E-state index >= 15 is 0 Å². The van der Waals surface area contributed by atoms with Crippen LogP contribution in [-0.4, -0.2) is 21.8 Å². The van der Waals surface area contributed by atoms with Gasteiger partial charge in [0.2, 0.25) is 5.91 Å². The molecule has 1 amide bonds. The molecule has 0 saturated carbocycles. The number of anilines is 1. The molecule has 0 fully saturated rings. The second kappa shape index (κ2) is 10.1. The third-order valence-electron chi connectivity index (χ3n) is 5.61. The maximum absolute atomic E-state index is 13.1. The summed E-state index contributed by atoms with van der Waals surface area (Å²) in [6.07, 6.45) is 0.147. The van der Waals surface area contributed by atoms with Crippen LogP contribution in [0.15, 0.2) is 76.5 Å². The summed E-state index contributed by atoms with van der Waals surface area (Å²) < 4.78 is 11.3. The van der Waals surface area contributed by atoms with Crippen LogP contribution in [0.2, 0.25) is 0 Å². The summed E-state index contributed by atoms with van der Waals surface area (Å²) in [5.41, 5.74) is 3.99. The van der Waals surface area contributed by atoms with Crippen molar-refractivity contribution in [3.05, 3.63) is 99.7 Å². The molecule has 5 rings (SSSR count). The van der Waals surface area contributed by atoms with Crippen molar-refractivity contribution in [1.82, 2.24) is 9.97 Å². The Morgan fingerprint density at radius 1 is 1.00 bits per heavy atom. The van der Waals surface area contributed by atoms with Crippen LogP contribution in [0, 0.1) is 13.8 Å². The number of pyridine rings is 1. The number of hydrogen-bond donors (Lipinski definition) is 1. The number of nitrogens with zero attached hydrogens (tertiary/aromatic N) is 2. The van der Waals surface area contributed by atoms with Gasteiger partial charge in [-0.25, -0.2) is 14.8 Å². The number of esters is 1. The number of nitrogens with one attached hydrogen (secondary N) is 1. The molecule has 0 radical (unpaired) electrons.